The van der Waals surface area contributed by atoms with Gasteiger partial charge in [-0.3, -0.25) is 0 Å². The summed E-state index contributed by atoms with van der Waals surface area (Å²) in [6.45, 7) is 0. The fraction of sp³-hybridized carbons (Fsp3) is 0.333. The van der Waals surface area contributed by atoms with Gasteiger partial charge in [0.25, 0.3) is 0 Å². The molecule has 2 aromatic rings. The van der Waals surface area contributed by atoms with Crippen molar-refractivity contribution in [2.24, 2.45) is 0 Å². The molecule has 0 radical (unpaired) electrons. The van der Waals surface area contributed by atoms with Gasteiger partial charge in [0, 0.05) is 0 Å². The largest absolute Gasteiger partial charge is 0.497 e. The maximum Gasteiger partial charge on any atom is 0.150 e. The Hall–Kier alpha value is -2.01. The third-order valence-electron chi connectivity index (χ3n) is 3.67. The molecule has 0 bridgehead atoms. The number of aryl methyl sites for hydroxylation is 2. The summed E-state index contributed by atoms with van der Waals surface area (Å²) in [7, 11) is 0.104. The van der Waals surface area contributed by atoms with Crippen molar-refractivity contribution in [3.8, 4) is 11.5 Å². The lowest BCUT2D eigenvalue weighted by Gasteiger charge is -2.07. The highest BCUT2D eigenvalue weighted by molar-refractivity contribution is 7.91. The van der Waals surface area contributed by atoms with Gasteiger partial charge in [0.1, 0.15) is 11.5 Å². The summed E-state index contributed by atoms with van der Waals surface area (Å²) >= 11 is 0. The zero-order valence-electron chi connectivity index (χ0n) is 13.5. The lowest BCUT2D eigenvalue weighted by atomic mass is 10.2. The molecule has 0 aliphatic rings. The van der Waals surface area contributed by atoms with Gasteiger partial charge in [0.15, 0.2) is 9.84 Å². The van der Waals surface area contributed by atoms with Crippen LogP contribution in [0.2, 0.25) is 0 Å². The van der Waals surface area contributed by atoms with Crippen molar-refractivity contribution in [3.05, 3.63) is 59.7 Å². The molecular weight excluding hydrogens is 312 g/mol. The highest BCUT2D eigenvalue weighted by Crippen LogP contribution is 2.15. The van der Waals surface area contributed by atoms with Crippen molar-refractivity contribution in [3.63, 3.8) is 0 Å². The van der Waals surface area contributed by atoms with Crippen molar-refractivity contribution in [2.45, 2.75) is 12.8 Å². The van der Waals surface area contributed by atoms with Crippen LogP contribution in [0.15, 0.2) is 48.5 Å². The molecule has 0 amide bonds. The standard InChI is InChI=1S/C18H22O4S/c1-21-17-7-3-5-15(13-17)9-11-23(19,20)12-10-16-6-4-8-18(14-16)22-2/h3-8,13-14H,9-12H2,1-2H3. The summed E-state index contributed by atoms with van der Waals surface area (Å²) in [4.78, 5) is 0. The van der Waals surface area contributed by atoms with Gasteiger partial charge in [0.05, 0.1) is 25.7 Å². The molecule has 0 unspecified atom stereocenters. The Balaban J connectivity index is 1.91. The van der Waals surface area contributed by atoms with Gasteiger partial charge in [0.2, 0.25) is 0 Å². The minimum Gasteiger partial charge on any atom is -0.497 e. The Morgan fingerprint density at radius 1 is 0.783 bits per heavy atom. The highest BCUT2D eigenvalue weighted by atomic mass is 32.2. The molecule has 0 saturated heterocycles. The van der Waals surface area contributed by atoms with E-state index in [0.29, 0.717) is 12.8 Å². The average molecular weight is 334 g/mol. The van der Waals surface area contributed by atoms with E-state index in [4.69, 9.17) is 9.47 Å². The van der Waals surface area contributed by atoms with E-state index in [9.17, 15) is 8.42 Å². The lowest BCUT2D eigenvalue weighted by molar-refractivity contribution is 0.414. The van der Waals surface area contributed by atoms with E-state index in [1.165, 1.54) is 0 Å². The smallest absolute Gasteiger partial charge is 0.150 e. The fourth-order valence-electron chi connectivity index (χ4n) is 2.30. The van der Waals surface area contributed by atoms with Crippen LogP contribution in [0.3, 0.4) is 0 Å². The predicted molar refractivity (Wildman–Crippen MR) is 92.0 cm³/mol. The maximum atomic E-state index is 12.2. The summed E-state index contributed by atoms with van der Waals surface area (Å²) in [5.41, 5.74) is 1.93. The second-order valence-corrected chi connectivity index (χ2v) is 7.66. The molecule has 4 nitrogen and oxygen atoms in total. The van der Waals surface area contributed by atoms with E-state index < -0.39 is 9.84 Å². The van der Waals surface area contributed by atoms with Crippen molar-refractivity contribution in [1.29, 1.82) is 0 Å². The van der Waals surface area contributed by atoms with Gasteiger partial charge >= 0.3 is 0 Å². The third-order valence-corrected chi connectivity index (χ3v) is 5.32. The fourth-order valence-corrected chi connectivity index (χ4v) is 3.60. The number of sulfone groups is 1. The first-order chi connectivity index (χ1) is 11.0. The topological polar surface area (TPSA) is 52.6 Å². The predicted octanol–water partition coefficient (Wildman–Crippen LogP) is 2.90. The summed E-state index contributed by atoms with van der Waals surface area (Å²) in [6.07, 6.45) is 0.995. The maximum absolute atomic E-state index is 12.2. The van der Waals surface area contributed by atoms with Crippen molar-refractivity contribution in [1.82, 2.24) is 0 Å². The molecule has 0 aliphatic heterocycles. The van der Waals surface area contributed by atoms with Crippen LogP contribution in [0.25, 0.3) is 0 Å². The molecule has 0 aromatic heterocycles. The summed E-state index contributed by atoms with van der Waals surface area (Å²) in [6, 6.07) is 15.0. The van der Waals surface area contributed by atoms with Crippen LogP contribution in [-0.2, 0) is 22.7 Å². The van der Waals surface area contributed by atoms with Crippen LogP contribution in [0.5, 0.6) is 11.5 Å². The molecular formula is C18H22O4S. The van der Waals surface area contributed by atoms with Crippen LogP contribution in [0.4, 0.5) is 0 Å². The molecule has 0 atom stereocenters. The van der Waals surface area contributed by atoms with E-state index in [1.54, 1.807) is 14.2 Å². The third kappa shape index (κ3) is 5.60. The minimum atomic E-state index is -3.10. The molecule has 0 N–H and O–H groups in total. The Bertz CT molecular complexity index is 681. The Labute approximate surface area is 138 Å². The monoisotopic (exact) mass is 334 g/mol. The number of methoxy groups -OCH3 is 2. The van der Waals surface area contributed by atoms with Gasteiger partial charge in [-0.15, -0.1) is 0 Å². The van der Waals surface area contributed by atoms with E-state index in [2.05, 4.69) is 0 Å². The summed E-state index contributed by atoms with van der Waals surface area (Å²) in [5, 5.41) is 0. The van der Waals surface area contributed by atoms with Crippen LogP contribution >= 0.6 is 0 Å². The van der Waals surface area contributed by atoms with E-state index in [1.807, 2.05) is 48.5 Å². The number of benzene rings is 2. The normalized spacial score (nSPS) is 11.2. The Kier molecular flexibility index (Phi) is 6.04. The van der Waals surface area contributed by atoms with Crippen LogP contribution in [-0.4, -0.2) is 34.1 Å². The van der Waals surface area contributed by atoms with E-state index in [-0.39, 0.29) is 11.5 Å². The Morgan fingerprint density at radius 2 is 1.22 bits per heavy atom. The van der Waals surface area contributed by atoms with Gasteiger partial charge in [-0.1, -0.05) is 24.3 Å². The quantitative estimate of drug-likeness (QED) is 0.745. The molecule has 0 aliphatic carbocycles. The van der Waals surface area contributed by atoms with Gasteiger partial charge in [-0.25, -0.2) is 8.42 Å². The molecule has 0 heterocycles. The second-order valence-electron chi connectivity index (χ2n) is 5.35. The molecule has 2 aromatic carbocycles. The average Bonchev–Trinajstić information content (AvgIpc) is 2.59. The second kappa shape index (κ2) is 8.02. The van der Waals surface area contributed by atoms with Crippen LogP contribution in [0.1, 0.15) is 11.1 Å². The first kappa shape index (κ1) is 17.3. The van der Waals surface area contributed by atoms with Crippen molar-refractivity contribution in [2.75, 3.05) is 25.7 Å². The number of hydrogen-bond acceptors (Lipinski definition) is 4. The lowest BCUT2D eigenvalue weighted by Crippen LogP contribution is -2.15. The number of ether oxygens (including phenoxy) is 2. The highest BCUT2D eigenvalue weighted by Gasteiger charge is 2.12. The van der Waals surface area contributed by atoms with Gasteiger partial charge < -0.3 is 9.47 Å². The number of hydrogen-bond donors (Lipinski definition) is 0. The van der Waals surface area contributed by atoms with Crippen molar-refractivity contribution >= 4 is 9.84 Å². The van der Waals surface area contributed by atoms with Gasteiger partial charge in [-0.05, 0) is 48.2 Å². The molecule has 0 saturated carbocycles. The molecule has 0 fully saturated rings. The molecule has 23 heavy (non-hydrogen) atoms. The Morgan fingerprint density at radius 3 is 1.61 bits per heavy atom. The zero-order chi connectivity index (χ0) is 16.7. The first-order valence-electron chi connectivity index (χ1n) is 7.49. The molecule has 124 valence electrons. The zero-order valence-corrected chi connectivity index (χ0v) is 14.3. The molecule has 5 heteroatoms. The molecule has 0 spiro atoms. The summed E-state index contributed by atoms with van der Waals surface area (Å²) < 4.78 is 34.8. The number of rotatable bonds is 8. The van der Waals surface area contributed by atoms with Crippen LogP contribution < -0.4 is 9.47 Å². The molecule has 2 rings (SSSR count). The summed E-state index contributed by atoms with van der Waals surface area (Å²) in [5.74, 6) is 1.78. The minimum absolute atomic E-state index is 0.143. The van der Waals surface area contributed by atoms with Crippen LogP contribution in [0, 0.1) is 0 Å². The SMILES string of the molecule is COc1cccc(CCS(=O)(=O)CCc2cccc(OC)c2)c1. The first-order valence-corrected chi connectivity index (χ1v) is 9.31. The van der Waals surface area contributed by atoms with E-state index >= 15 is 0 Å². The van der Waals surface area contributed by atoms with E-state index in [0.717, 1.165) is 22.6 Å². The van der Waals surface area contributed by atoms with Crippen molar-refractivity contribution < 1.29 is 17.9 Å². The van der Waals surface area contributed by atoms with Gasteiger partial charge in [-0.2, -0.15) is 0 Å².